The van der Waals surface area contributed by atoms with Crippen LogP contribution in [0.25, 0.3) is 5.69 Å². The molecule has 19 heavy (non-hydrogen) atoms. The lowest BCUT2D eigenvalue weighted by atomic mass is 10.3. The van der Waals surface area contributed by atoms with Crippen LogP contribution >= 0.6 is 11.6 Å². The Hall–Kier alpha value is -1.81. The molecule has 0 spiro atoms. The van der Waals surface area contributed by atoms with E-state index < -0.39 is 0 Å². The van der Waals surface area contributed by atoms with Gasteiger partial charge in [0.2, 0.25) is 0 Å². The Morgan fingerprint density at radius 3 is 2.74 bits per heavy atom. The van der Waals surface area contributed by atoms with Gasteiger partial charge >= 0.3 is 0 Å². The third kappa shape index (κ3) is 3.15. The number of carbonyl (C=O) groups is 1. The highest BCUT2D eigenvalue weighted by atomic mass is 35.5. The maximum atomic E-state index is 11.9. The van der Waals surface area contributed by atoms with E-state index in [0.717, 1.165) is 11.4 Å². The maximum absolute atomic E-state index is 11.9. The molecule has 2 rings (SSSR count). The molecule has 0 aliphatic heterocycles. The molecule has 0 aliphatic carbocycles. The summed E-state index contributed by atoms with van der Waals surface area (Å²) in [6.07, 6.45) is 0. The molecule has 1 aromatic heterocycles. The Labute approximate surface area is 117 Å². The second-order valence-electron chi connectivity index (χ2n) is 4.69. The van der Waals surface area contributed by atoms with Gasteiger partial charge < -0.3 is 5.32 Å². The number of hydrogen-bond donors (Lipinski definition) is 1. The number of hydrogen-bond acceptors (Lipinski definition) is 2. The van der Waals surface area contributed by atoms with Gasteiger partial charge in [-0.15, -0.1) is 0 Å². The van der Waals surface area contributed by atoms with E-state index >= 15 is 0 Å². The van der Waals surface area contributed by atoms with Crippen molar-refractivity contribution in [2.24, 2.45) is 0 Å². The average molecular weight is 278 g/mol. The van der Waals surface area contributed by atoms with E-state index in [9.17, 15) is 4.79 Å². The highest BCUT2D eigenvalue weighted by molar-refractivity contribution is 6.30. The number of aromatic nitrogens is 2. The standard InChI is InChI=1S/C14H16ClN3O/c1-9(2)16-14(19)13-7-10(3)18(17-13)12-6-4-5-11(15)8-12/h4-9H,1-3H3,(H,16,19). The normalized spacial score (nSPS) is 10.8. The van der Waals surface area contributed by atoms with Gasteiger partial charge in [-0.2, -0.15) is 5.10 Å². The van der Waals surface area contributed by atoms with Crippen molar-refractivity contribution in [3.05, 3.63) is 46.7 Å². The van der Waals surface area contributed by atoms with Crippen LogP contribution in [0.5, 0.6) is 0 Å². The Morgan fingerprint density at radius 2 is 2.11 bits per heavy atom. The van der Waals surface area contributed by atoms with Crippen molar-refractivity contribution in [1.82, 2.24) is 15.1 Å². The van der Waals surface area contributed by atoms with Gasteiger partial charge in [0.15, 0.2) is 5.69 Å². The first-order chi connectivity index (χ1) is 8.97. The van der Waals surface area contributed by atoms with Gasteiger partial charge in [-0.05, 0) is 45.0 Å². The topological polar surface area (TPSA) is 46.9 Å². The lowest BCUT2D eigenvalue weighted by molar-refractivity contribution is 0.0937. The van der Waals surface area contributed by atoms with Crippen LogP contribution in [0.4, 0.5) is 0 Å². The number of benzene rings is 1. The summed E-state index contributed by atoms with van der Waals surface area (Å²) in [6, 6.07) is 9.22. The molecule has 0 saturated heterocycles. The fraction of sp³-hybridized carbons (Fsp3) is 0.286. The van der Waals surface area contributed by atoms with Crippen LogP contribution in [0.3, 0.4) is 0 Å². The van der Waals surface area contributed by atoms with Crippen molar-refractivity contribution in [3.63, 3.8) is 0 Å². The minimum absolute atomic E-state index is 0.0872. The molecular formula is C14H16ClN3O. The number of nitrogens with one attached hydrogen (secondary N) is 1. The Kier molecular flexibility index (Phi) is 3.90. The molecule has 0 saturated carbocycles. The number of amides is 1. The molecule has 0 bridgehead atoms. The van der Waals surface area contributed by atoms with E-state index in [2.05, 4.69) is 10.4 Å². The summed E-state index contributed by atoms with van der Waals surface area (Å²) in [5.74, 6) is -0.168. The Bertz CT molecular complexity index is 604. The molecule has 0 fully saturated rings. The van der Waals surface area contributed by atoms with E-state index in [1.807, 2.05) is 39.0 Å². The summed E-state index contributed by atoms with van der Waals surface area (Å²) >= 11 is 5.96. The molecule has 0 radical (unpaired) electrons. The van der Waals surface area contributed by atoms with E-state index in [1.54, 1.807) is 16.8 Å². The Balaban J connectivity index is 2.34. The number of carbonyl (C=O) groups excluding carboxylic acids is 1. The van der Waals surface area contributed by atoms with Crippen LogP contribution in [-0.2, 0) is 0 Å². The van der Waals surface area contributed by atoms with E-state index in [-0.39, 0.29) is 11.9 Å². The largest absolute Gasteiger partial charge is 0.348 e. The van der Waals surface area contributed by atoms with Gasteiger partial charge in [-0.1, -0.05) is 17.7 Å². The quantitative estimate of drug-likeness (QED) is 0.937. The van der Waals surface area contributed by atoms with Crippen molar-refractivity contribution < 1.29 is 4.79 Å². The fourth-order valence-electron chi connectivity index (χ4n) is 1.79. The third-order valence-electron chi connectivity index (χ3n) is 2.59. The van der Waals surface area contributed by atoms with Crippen LogP contribution in [0, 0.1) is 6.92 Å². The van der Waals surface area contributed by atoms with Crippen molar-refractivity contribution in [1.29, 1.82) is 0 Å². The molecule has 1 amide bonds. The zero-order valence-electron chi connectivity index (χ0n) is 11.1. The predicted molar refractivity (Wildman–Crippen MR) is 75.9 cm³/mol. The van der Waals surface area contributed by atoms with Crippen LogP contribution in [0.1, 0.15) is 30.0 Å². The number of rotatable bonds is 3. The first kappa shape index (κ1) is 13.6. The summed E-state index contributed by atoms with van der Waals surface area (Å²) in [6.45, 7) is 5.73. The van der Waals surface area contributed by atoms with E-state index in [1.165, 1.54) is 0 Å². The van der Waals surface area contributed by atoms with Gasteiger partial charge in [0.25, 0.3) is 5.91 Å². The molecule has 100 valence electrons. The van der Waals surface area contributed by atoms with Gasteiger partial charge in [-0.25, -0.2) is 4.68 Å². The zero-order valence-corrected chi connectivity index (χ0v) is 11.9. The molecular weight excluding hydrogens is 262 g/mol. The molecule has 4 nitrogen and oxygen atoms in total. The first-order valence-corrected chi connectivity index (χ1v) is 6.48. The molecule has 1 aromatic carbocycles. The molecule has 0 unspecified atom stereocenters. The minimum atomic E-state index is -0.168. The highest BCUT2D eigenvalue weighted by Gasteiger charge is 2.13. The summed E-state index contributed by atoms with van der Waals surface area (Å²) < 4.78 is 1.71. The Morgan fingerprint density at radius 1 is 1.37 bits per heavy atom. The van der Waals surface area contributed by atoms with Crippen LogP contribution in [0.2, 0.25) is 5.02 Å². The number of aryl methyl sites for hydroxylation is 1. The van der Waals surface area contributed by atoms with Crippen LogP contribution in [-0.4, -0.2) is 21.7 Å². The fourth-order valence-corrected chi connectivity index (χ4v) is 1.98. The molecule has 0 aliphatic rings. The van der Waals surface area contributed by atoms with E-state index in [0.29, 0.717) is 10.7 Å². The minimum Gasteiger partial charge on any atom is -0.348 e. The second-order valence-corrected chi connectivity index (χ2v) is 5.13. The number of nitrogens with zero attached hydrogens (tertiary/aromatic N) is 2. The van der Waals surface area contributed by atoms with Crippen LogP contribution in [0.15, 0.2) is 30.3 Å². The third-order valence-corrected chi connectivity index (χ3v) is 2.83. The highest BCUT2D eigenvalue weighted by Crippen LogP contribution is 2.16. The molecule has 0 atom stereocenters. The van der Waals surface area contributed by atoms with Crippen molar-refractivity contribution in [2.75, 3.05) is 0 Å². The summed E-state index contributed by atoms with van der Waals surface area (Å²) in [7, 11) is 0. The predicted octanol–water partition coefficient (Wildman–Crippen LogP) is 2.97. The first-order valence-electron chi connectivity index (χ1n) is 6.11. The molecule has 2 aromatic rings. The van der Waals surface area contributed by atoms with E-state index in [4.69, 9.17) is 11.6 Å². The summed E-state index contributed by atoms with van der Waals surface area (Å²) in [5, 5.41) is 7.78. The molecule has 1 heterocycles. The average Bonchev–Trinajstić information content (AvgIpc) is 2.70. The number of halogens is 1. The van der Waals surface area contributed by atoms with Gasteiger partial charge in [-0.3, -0.25) is 4.79 Å². The molecule has 5 heteroatoms. The van der Waals surface area contributed by atoms with Crippen LogP contribution < -0.4 is 5.32 Å². The second kappa shape index (κ2) is 5.45. The zero-order chi connectivity index (χ0) is 14.0. The molecule has 1 N–H and O–H groups in total. The maximum Gasteiger partial charge on any atom is 0.271 e. The lowest BCUT2D eigenvalue weighted by Crippen LogP contribution is -2.30. The lowest BCUT2D eigenvalue weighted by Gasteiger charge is -2.06. The van der Waals surface area contributed by atoms with Crippen molar-refractivity contribution in [3.8, 4) is 5.69 Å². The summed E-state index contributed by atoms with van der Waals surface area (Å²) in [5.41, 5.74) is 2.14. The smallest absolute Gasteiger partial charge is 0.271 e. The van der Waals surface area contributed by atoms with Crippen molar-refractivity contribution in [2.45, 2.75) is 26.8 Å². The monoisotopic (exact) mass is 277 g/mol. The summed E-state index contributed by atoms with van der Waals surface area (Å²) in [4.78, 5) is 11.9. The van der Waals surface area contributed by atoms with Gasteiger partial charge in [0.1, 0.15) is 0 Å². The van der Waals surface area contributed by atoms with Crippen molar-refractivity contribution >= 4 is 17.5 Å². The SMILES string of the molecule is Cc1cc(C(=O)NC(C)C)nn1-c1cccc(Cl)c1. The van der Waals surface area contributed by atoms with Gasteiger partial charge in [0, 0.05) is 16.8 Å². The van der Waals surface area contributed by atoms with Gasteiger partial charge in [0.05, 0.1) is 5.69 Å².